The molecule has 3 N–H and O–H groups in total. The number of amides is 1. The van der Waals surface area contributed by atoms with Crippen LogP contribution in [0.25, 0.3) is 0 Å². The molecule has 0 saturated carbocycles. The molecule has 1 heterocycles. The molecule has 0 atom stereocenters. The Balaban J connectivity index is 2.01. The Kier molecular flexibility index (Phi) is 3.18. The van der Waals surface area contributed by atoms with E-state index < -0.39 is 6.09 Å². The zero-order valence-corrected chi connectivity index (χ0v) is 10.2. The van der Waals surface area contributed by atoms with Crippen molar-refractivity contribution in [3.63, 3.8) is 0 Å². The maximum absolute atomic E-state index is 11.6. The summed E-state index contributed by atoms with van der Waals surface area (Å²) >= 11 is 0. The van der Waals surface area contributed by atoms with E-state index >= 15 is 0 Å². The quantitative estimate of drug-likeness (QED) is 0.793. The standard InChI is InChI=1S/C12H14N4O2/c1-8-7-11(16(2)15-8)18-12(17)14-10-5-3-9(13)4-6-10/h3-7H,13H2,1-2H3,(H,14,17). The lowest BCUT2D eigenvalue weighted by Crippen LogP contribution is -2.18. The van der Waals surface area contributed by atoms with Crippen LogP contribution in [0.5, 0.6) is 5.88 Å². The Morgan fingerprint density at radius 3 is 2.61 bits per heavy atom. The van der Waals surface area contributed by atoms with Crippen LogP contribution in [0.2, 0.25) is 0 Å². The number of nitrogens with one attached hydrogen (secondary N) is 1. The van der Waals surface area contributed by atoms with Crippen molar-refractivity contribution < 1.29 is 9.53 Å². The Morgan fingerprint density at radius 1 is 1.39 bits per heavy atom. The van der Waals surface area contributed by atoms with E-state index in [1.165, 1.54) is 4.68 Å². The van der Waals surface area contributed by atoms with Crippen molar-refractivity contribution in [2.24, 2.45) is 7.05 Å². The second-order valence-corrected chi connectivity index (χ2v) is 3.88. The van der Waals surface area contributed by atoms with E-state index in [1.807, 2.05) is 6.92 Å². The lowest BCUT2D eigenvalue weighted by Gasteiger charge is -2.06. The Bertz CT molecular complexity index is 560. The van der Waals surface area contributed by atoms with Gasteiger partial charge in [0.25, 0.3) is 0 Å². The lowest BCUT2D eigenvalue weighted by atomic mass is 10.3. The number of nitrogens with two attached hydrogens (primary N) is 1. The van der Waals surface area contributed by atoms with Crippen molar-refractivity contribution >= 4 is 17.5 Å². The second kappa shape index (κ2) is 4.79. The molecule has 1 amide bonds. The fourth-order valence-electron chi connectivity index (χ4n) is 1.49. The average molecular weight is 246 g/mol. The van der Waals surface area contributed by atoms with E-state index in [0.29, 0.717) is 17.3 Å². The highest BCUT2D eigenvalue weighted by Crippen LogP contribution is 2.14. The van der Waals surface area contributed by atoms with Gasteiger partial charge in [-0.05, 0) is 31.2 Å². The Labute approximate surface area is 104 Å². The Morgan fingerprint density at radius 2 is 2.06 bits per heavy atom. The number of nitrogens with zero attached hydrogens (tertiary/aromatic N) is 2. The number of carbonyl (C=O) groups excluding carboxylic acids is 1. The normalized spacial score (nSPS) is 10.1. The van der Waals surface area contributed by atoms with Crippen LogP contribution in [0.3, 0.4) is 0 Å². The smallest absolute Gasteiger partial charge is 0.399 e. The van der Waals surface area contributed by atoms with Gasteiger partial charge in [0.1, 0.15) is 0 Å². The predicted molar refractivity (Wildman–Crippen MR) is 68.4 cm³/mol. The maximum Gasteiger partial charge on any atom is 0.418 e. The minimum Gasteiger partial charge on any atom is -0.399 e. The van der Waals surface area contributed by atoms with Crippen LogP contribution in [0.4, 0.5) is 16.2 Å². The molecule has 0 spiro atoms. The minimum atomic E-state index is -0.567. The molecule has 2 rings (SSSR count). The number of carbonyl (C=O) groups is 1. The molecule has 0 radical (unpaired) electrons. The number of rotatable bonds is 2. The molecule has 18 heavy (non-hydrogen) atoms. The van der Waals surface area contributed by atoms with E-state index in [2.05, 4.69) is 10.4 Å². The van der Waals surface area contributed by atoms with Gasteiger partial charge in [0.05, 0.1) is 5.69 Å². The number of aryl methyl sites for hydroxylation is 2. The number of anilines is 2. The van der Waals surface area contributed by atoms with Gasteiger partial charge in [0.2, 0.25) is 5.88 Å². The zero-order valence-electron chi connectivity index (χ0n) is 10.2. The first-order valence-corrected chi connectivity index (χ1v) is 5.39. The topological polar surface area (TPSA) is 82.2 Å². The summed E-state index contributed by atoms with van der Waals surface area (Å²) in [6.45, 7) is 1.82. The van der Waals surface area contributed by atoms with Crippen molar-refractivity contribution in [3.05, 3.63) is 36.0 Å². The van der Waals surface area contributed by atoms with Crippen molar-refractivity contribution in [2.75, 3.05) is 11.1 Å². The van der Waals surface area contributed by atoms with E-state index in [4.69, 9.17) is 10.5 Å². The van der Waals surface area contributed by atoms with Crippen molar-refractivity contribution in [3.8, 4) is 5.88 Å². The molecule has 1 aromatic heterocycles. The second-order valence-electron chi connectivity index (χ2n) is 3.88. The van der Waals surface area contributed by atoms with Crippen LogP contribution in [0, 0.1) is 6.92 Å². The van der Waals surface area contributed by atoms with Crippen LogP contribution in [0.1, 0.15) is 5.69 Å². The van der Waals surface area contributed by atoms with Crippen LogP contribution in [-0.2, 0) is 7.05 Å². The first kappa shape index (κ1) is 12.0. The van der Waals surface area contributed by atoms with Crippen molar-refractivity contribution in [1.29, 1.82) is 0 Å². The number of hydrogen-bond acceptors (Lipinski definition) is 4. The molecule has 0 aliphatic carbocycles. The third kappa shape index (κ3) is 2.79. The van der Waals surface area contributed by atoms with Gasteiger partial charge >= 0.3 is 6.09 Å². The molecule has 0 saturated heterocycles. The zero-order chi connectivity index (χ0) is 13.1. The molecule has 6 heteroatoms. The largest absolute Gasteiger partial charge is 0.418 e. The van der Waals surface area contributed by atoms with Gasteiger partial charge < -0.3 is 10.5 Å². The van der Waals surface area contributed by atoms with Gasteiger partial charge in [-0.15, -0.1) is 0 Å². The molecule has 0 fully saturated rings. The number of ether oxygens (including phenoxy) is 1. The van der Waals surface area contributed by atoms with Crippen LogP contribution in [0.15, 0.2) is 30.3 Å². The monoisotopic (exact) mass is 246 g/mol. The lowest BCUT2D eigenvalue weighted by molar-refractivity contribution is 0.211. The van der Waals surface area contributed by atoms with Crippen molar-refractivity contribution in [1.82, 2.24) is 9.78 Å². The summed E-state index contributed by atoms with van der Waals surface area (Å²) in [5.74, 6) is 0.389. The molecular formula is C12H14N4O2. The summed E-state index contributed by atoms with van der Waals surface area (Å²) < 4.78 is 6.62. The first-order chi connectivity index (χ1) is 8.54. The molecule has 6 nitrogen and oxygen atoms in total. The summed E-state index contributed by atoms with van der Waals surface area (Å²) in [5.41, 5.74) is 7.59. The maximum atomic E-state index is 11.6. The van der Waals surface area contributed by atoms with Gasteiger partial charge in [0.15, 0.2) is 0 Å². The number of hydrogen-bond donors (Lipinski definition) is 2. The highest BCUT2D eigenvalue weighted by molar-refractivity contribution is 5.86. The van der Waals surface area contributed by atoms with Crippen LogP contribution < -0.4 is 15.8 Å². The van der Waals surface area contributed by atoms with Crippen LogP contribution in [-0.4, -0.2) is 15.9 Å². The SMILES string of the molecule is Cc1cc(OC(=O)Nc2ccc(N)cc2)n(C)n1. The summed E-state index contributed by atoms with van der Waals surface area (Å²) in [6, 6.07) is 8.48. The van der Waals surface area contributed by atoms with Gasteiger partial charge in [0, 0.05) is 24.5 Å². The van der Waals surface area contributed by atoms with Crippen molar-refractivity contribution in [2.45, 2.75) is 6.92 Å². The van der Waals surface area contributed by atoms with E-state index in [1.54, 1.807) is 37.4 Å². The third-order valence-electron chi connectivity index (χ3n) is 2.31. The summed E-state index contributed by atoms with van der Waals surface area (Å²) in [6.07, 6.45) is -0.567. The third-order valence-corrected chi connectivity index (χ3v) is 2.31. The molecular weight excluding hydrogens is 232 g/mol. The minimum absolute atomic E-state index is 0.389. The fraction of sp³-hybridized carbons (Fsp3) is 0.167. The van der Waals surface area contributed by atoms with E-state index in [0.717, 1.165) is 5.69 Å². The first-order valence-electron chi connectivity index (χ1n) is 5.39. The summed E-state index contributed by atoms with van der Waals surface area (Å²) in [7, 11) is 1.71. The number of aromatic nitrogens is 2. The van der Waals surface area contributed by atoms with E-state index in [9.17, 15) is 4.79 Å². The van der Waals surface area contributed by atoms with Gasteiger partial charge in [-0.1, -0.05) is 0 Å². The average Bonchev–Trinajstić information content (AvgIpc) is 2.61. The molecule has 0 bridgehead atoms. The molecule has 0 aliphatic heterocycles. The highest BCUT2D eigenvalue weighted by atomic mass is 16.6. The highest BCUT2D eigenvalue weighted by Gasteiger charge is 2.09. The molecule has 0 aliphatic rings. The van der Waals surface area contributed by atoms with E-state index in [-0.39, 0.29) is 0 Å². The van der Waals surface area contributed by atoms with Gasteiger partial charge in [-0.2, -0.15) is 5.10 Å². The van der Waals surface area contributed by atoms with Gasteiger partial charge in [-0.3, -0.25) is 5.32 Å². The predicted octanol–water partition coefficient (Wildman–Crippen LogP) is 1.92. The molecule has 0 unspecified atom stereocenters. The molecule has 94 valence electrons. The Hall–Kier alpha value is -2.50. The molecule has 1 aromatic carbocycles. The van der Waals surface area contributed by atoms with Gasteiger partial charge in [-0.25, -0.2) is 9.48 Å². The number of benzene rings is 1. The molecule has 2 aromatic rings. The summed E-state index contributed by atoms with van der Waals surface area (Å²) in [4.78, 5) is 11.6. The van der Waals surface area contributed by atoms with Crippen LogP contribution >= 0.6 is 0 Å². The summed E-state index contributed by atoms with van der Waals surface area (Å²) in [5, 5.41) is 6.67. The number of nitrogen functional groups attached to an aromatic ring is 1. The fourth-order valence-corrected chi connectivity index (χ4v) is 1.49.